The predicted molar refractivity (Wildman–Crippen MR) is 157 cm³/mol. The summed E-state index contributed by atoms with van der Waals surface area (Å²) in [5, 5.41) is 0. The Morgan fingerprint density at radius 3 is 2.56 bits per heavy atom. The summed E-state index contributed by atoms with van der Waals surface area (Å²) in [6, 6.07) is 12.8. The van der Waals surface area contributed by atoms with Gasteiger partial charge < -0.3 is 14.2 Å². The second-order valence-corrected chi connectivity index (χ2v) is 10.9. The normalized spacial score (nSPS) is 15.1. The van der Waals surface area contributed by atoms with E-state index in [0.717, 1.165) is 16.0 Å². The van der Waals surface area contributed by atoms with Crippen LogP contribution in [0.3, 0.4) is 0 Å². The Morgan fingerprint density at radius 2 is 1.92 bits per heavy atom. The van der Waals surface area contributed by atoms with Crippen LogP contribution >= 0.6 is 23.1 Å². The minimum absolute atomic E-state index is 0.231. The van der Waals surface area contributed by atoms with E-state index < -0.39 is 12.0 Å². The first-order valence-electron chi connectivity index (χ1n) is 12.6. The van der Waals surface area contributed by atoms with Crippen molar-refractivity contribution in [1.29, 1.82) is 0 Å². The molecule has 2 aromatic carbocycles. The number of hydrogen-bond donors (Lipinski definition) is 0. The molecule has 1 aliphatic rings. The van der Waals surface area contributed by atoms with Crippen molar-refractivity contribution in [3.05, 3.63) is 97.2 Å². The van der Waals surface area contributed by atoms with Gasteiger partial charge in [-0.1, -0.05) is 42.2 Å². The number of allylic oxidation sites excluding steroid dienone is 1. The Balaban J connectivity index is 1.86. The zero-order valence-corrected chi connectivity index (χ0v) is 24.4. The fourth-order valence-electron chi connectivity index (χ4n) is 4.26. The topological polar surface area (TPSA) is 79.1 Å². The molecule has 0 spiro atoms. The van der Waals surface area contributed by atoms with E-state index in [1.54, 1.807) is 43.2 Å². The SMILES string of the molecule is C=CCOc1ccc(/C=c2\sc3n(c2=O)[C@@H](c2ccc(SC)cc2)C(C(=O)OC(C)C)=C(C)N=3)cc1OCC. The van der Waals surface area contributed by atoms with E-state index in [4.69, 9.17) is 14.2 Å². The molecule has 0 fully saturated rings. The molecule has 0 saturated carbocycles. The number of thiazole rings is 1. The van der Waals surface area contributed by atoms with Crippen LogP contribution in [0.4, 0.5) is 0 Å². The summed E-state index contributed by atoms with van der Waals surface area (Å²) < 4.78 is 19.1. The van der Waals surface area contributed by atoms with Crippen molar-refractivity contribution in [3.8, 4) is 11.5 Å². The number of rotatable bonds is 10. The van der Waals surface area contributed by atoms with Gasteiger partial charge >= 0.3 is 5.97 Å². The predicted octanol–water partition coefficient (Wildman–Crippen LogP) is 4.87. The minimum atomic E-state index is -0.653. The summed E-state index contributed by atoms with van der Waals surface area (Å²) in [4.78, 5) is 33.4. The monoisotopic (exact) mass is 564 g/mol. The van der Waals surface area contributed by atoms with E-state index >= 15 is 0 Å². The van der Waals surface area contributed by atoms with Crippen LogP contribution in [0, 0.1) is 0 Å². The number of benzene rings is 2. The van der Waals surface area contributed by atoms with Crippen molar-refractivity contribution in [1.82, 2.24) is 4.57 Å². The number of carbonyl (C=O) groups is 1. The highest BCUT2D eigenvalue weighted by Gasteiger charge is 2.33. The van der Waals surface area contributed by atoms with Crippen LogP contribution in [0.2, 0.25) is 0 Å². The summed E-state index contributed by atoms with van der Waals surface area (Å²) >= 11 is 2.91. The third-order valence-electron chi connectivity index (χ3n) is 5.94. The van der Waals surface area contributed by atoms with Crippen molar-refractivity contribution >= 4 is 35.1 Å². The third-order valence-corrected chi connectivity index (χ3v) is 7.66. The first kappa shape index (κ1) is 28.4. The van der Waals surface area contributed by atoms with Gasteiger partial charge in [-0.2, -0.15) is 0 Å². The van der Waals surface area contributed by atoms with E-state index in [-0.39, 0.29) is 11.7 Å². The molecule has 7 nitrogen and oxygen atoms in total. The molecule has 39 heavy (non-hydrogen) atoms. The number of ether oxygens (including phenoxy) is 3. The standard InChI is InChI=1S/C30H32N2O5S2/c1-7-15-36-23-14-9-20(16-24(23)35-8-2)17-25-28(33)32-27(21-10-12-22(38-6)13-11-21)26(29(34)37-18(3)4)19(5)31-30(32)39-25/h7,9-14,16-18,27H,1,8,15H2,2-6H3/b25-17-/t27-/m0/s1. The molecule has 0 radical (unpaired) electrons. The maximum Gasteiger partial charge on any atom is 0.338 e. The number of carbonyl (C=O) groups excluding carboxylic acids is 1. The van der Waals surface area contributed by atoms with E-state index in [1.807, 2.05) is 61.7 Å². The van der Waals surface area contributed by atoms with Gasteiger partial charge in [-0.3, -0.25) is 9.36 Å². The average molecular weight is 565 g/mol. The van der Waals surface area contributed by atoms with Crippen molar-refractivity contribution in [3.63, 3.8) is 0 Å². The number of esters is 1. The molecule has 0 unspecified atom stereocenters. The molecule has 0 saturated heterocycles. The molecule has 0 aliphatic carbocycles. The van der Waals surface area contributed by atoms with Gasteiger partial charge in [-0.25, -0.2) is 9.79 Å². The Hall–Kier alpha value is -3.56. The summed E-state index contributed by atoms with van der Waals surface area (Å²) in [6.45, 7) is 11.8. The first-order valence-corrected chi connectivity index (χ1v) is 14.7. The molecule has 1 atom stereocenters. The van der Waals surface area contributed by atoms with Gasteiger partial charge in [0.25, 0.3) is 5.56 Å². The minimum Gasteiger partial charge on any atom is -0.490 e. The van der Waals surface area contributed by atoms with Gasteiger partial charge in [0.15, 0.2) is 16.3 Å². The molecular formula is C30H32N2O5S2. The smallest absolute Gasteiger partial charge is 0.338 e. The Kier molecular flexibility index (Phi) is 9.14. The van der Waals surface area contributed by atoms with Crippen LogP contribution in [0.1, 0.15) is 44.9 Å². The second-order valence-electron chi connectivity index (χ2n) is 9.05. The number of aromatic nitrogens is 1. The average Bonchev–Trinajstić information content (AvgIpc) is 3.21. The molecule has 204 valence electrons. The fraction of sp³-hybridized carbons (Fsp3) is 0.300. The van der Waals surface area contributed by atoms with Crippen LogP contribution in [0.5, 0.6) is 11.5 Å². The molecule has 1 aliphatic heterocycles. The lowest BCUT2D eigenvalue weighted by Crippen LogP contribution is -2.40. The van der Waals surface area contributed by atoms with Gasteiger partial charge in [0, 0.05) is 4.90 Å². The molecule has 2 heterocycles. The van der Waals surface area contributed by atoms with Gasteiger partial charge in [0.05, 0.1) is 34.6 Å². The Bertz CT molecular complexity index is 1580. The van der Waals surface area contributed by atoms with Crippen molar-refractivity contribution in [2.75, 3.05) is 19.5 Å². The van der Waals surface area contributed by atoms with Crippen LogP contribution in [0.25, 0.3) is 6.08 Å². The highest BCUT2D eigenvalue weighted by atomic mass is 32.2. The van der Waals surface area contributed by atoms with Crippen molar-refractivity contribution < 1.29 is 19.0 Å². The molecule has 4 rings (SSSR count). The molecule has 0 N–H and O–H groups in total. The van der Waals surface area contributed by atoms with Crippen LogP contribution < -0.4 is 24.4 Å². The molecule has 0 bridgehead atoms. The number of nitrogens with zero attached hydrogens (tertiary/aromatic N) is 2. The highest BCUT2D eigenvalue weighted by Crippen LogP contribution is 2.32. The summed E-state index contributed by atoms with van der Waals surface area (Å²) in [7, 11) is 0. The van der Waals surface area contributed by atoms with Gasteiger partial charge in [-0.15, -0.1) is 11.8 Å². The van der Waals surface area contributed by atoms with Gasteiger partial charge in [-0.05, 0) is 75.4 Å². The Morgan fingerprint density at radius 1 is 1.18 bits per heavy atom. The molecule has 1 aromatic heterocycles. The summed E-state index contributed by atoms with van der Waals surface area (Å²) in [6.07, 6.45) is 5.17. The van der Waals surface area contributed by atoms with Crippen LogP contribution in [-0.2, 0) is 9.53 Å². The lowest BCUT2D eigenvalue weighted by atomic mass is 9.96. The summed E-state index contributed by atoms with van der Waals surface area (Å²) in [5.41, 5.74) is 2.26. The summed E-state index contributed by atoms with van der Waals surface area (Å²) in [5.74, 6) is 0.714. The molecular weight excluding hydrogens is 532 g/mol. The number of thioether (sulfide) groups is 1. The zero-order valence-electron chi connectivity index (χ0n) is 22.7. The molecule has 0 amide bonds. The maximum absolute atomic E-state index is 13.9. The van der Waals surface area contributed by atoms with Crippen LogP contribution in [0.15, 0.2) is 81.1 Å². The van der Waals surface area contributed by atoms with Crippen LogP contribution in [-0.4, -0.2) is 36.1 Å². The second kappa shape index (κ2) is 12.5. The van der Waals surface area contributed by atoms with Crippen molar-refractivity contribution in [2.45, 2.75) is 44.7 Å². The van der Waals surface area contributed by atoms with E-state index in [1.165, 1.54) is 11.3 Å². The zero-order chi connectivity index (χ0) is 28.1. The van der Waals surface area contributed by atoms with Gasteiger partial charge in [0.1, 0.15) is 6.61 Å². The van der Waals surface area contributed by atoms with E-state index in [2.05, 4.69) is 11.6 Å². The highest BCUT2D eigenvalue weighted by molar-refractivity contribution is 7.98. The third kappa shape index (κ3) is 6.20. The lowest BCUT2D eigenvalue weighted by Gasteiger charge is -2.25. The Labute approximate surface area is 236 Å². The molecule has 9 heteroatoms. The largest absolute Gasteiger partial charge is 0.490 e. The lowest BCUT2D eigenvalue weighted by molar-refractivity contribution is -0.143. The number of fused-ring (bicyclic) bond motifs is 1. The fourth-order valence-corrected chi connectivity index (χ4v) is 5.72. The van der Waals surface area contributed by atoms with Gasteiger partial charge in [0.2, 0.25) is 0 Å². The van der Waals surface area contributed by atoms with E-state index in [9.17, 15) is 9.59 Å². The van der Waals surface area contributed by atoms with Crippen molar-refractivity contribution in [2.24, 2.45) is 4.99 Å². The molecule has 3 aromatic rings. The number of hydrogen-bond acceptors (Lipinski definition) is 8. The first-order chi connectivity index (χ1) is 18.8. The van der Waals surface area contributed by atoms with E-state index in [0.29, 0.717) is 45.3 Å². The maximum atomic E-state index is 13.9. The quantitative estimate of drug-likeness (QED) is 0.199.